The molecule has 4 nitrogen and oxygen atoms in total. The first-order valence-corrected chi connectivity index (χ1v) is 10.2. The molecule has 0 spiro atoms. The second-order valence-electron chi connectivity index (χ2n) is 6.25. The van der Waals surface area contributed by atoms with Crippen molar-refractivity contribution < 1.29 is 0 Å². The van der Waals surface area contributed by atoms with E-state index in [1.807, 2.05) is 30.3 Å². The Balaban J connectivity index is 1.79. The predicted molar refractivity (Wildman–Crippen MR) is 110 cm³/mol. The number of nitrogen functional groups attached to an aromatic ring is 1. The van der Waals surface area contributed by atoms with Crippen molar-refractivity contribution in [2.75, 3.05) is 5.73 Å². The number of benzene rings is 2. The number of thioether (sulfide) groups is 1. The Morgan fingerprint density at radius 1 is 1.08 bits per heavy atom. The lowest BCUT2D eigenvalue weighted by Gasteiger charge is -2.11. The normalized spacial score (nSPS) is 11.0. The summed E-state index contributed by atoms with van der Waals surface area (Å²) in [6.45, 7) is 2.94. The molecule has 0 saturated carbocycles. The van der Waals surface area contributed by atoms with E-state index in [0.29, 0.717) is 0 Å². The third kappa shape index (κ3) is 5.02. The van der Waals surface area contributed by atoms with Crippen molar-refractivity contribution in [1.82, 2.24) is 14.8 Å². The minimum atomic E-state index is 0.754. The van der Waals surface area contributed by atoms with Crippen LogP contribution in [-0.4, -0.2) is 14.8 Å². The molecular formula is C20H23ClN4S. The molecule has 0 atom stereocenters. The Bertz CT molecular complexity index is 845. The van der Waals surface area contributed by atoms with Gasteiger partial charge in [-0.3, -0.25) is 0 Å². The molecule has 0 radical (unpaired) electrons. The Morgan fingerprint density at radius 3 is 2.62 bits per heavy atom. The van der Waals surface area contributed by atoms with Crippen LogP contribution in [0.2, 0.25) is 5.02 Å². The van der Waals surface area contributed by atoms with E-state index in [1.165, 1.54) is 11.1 Å². The fourth-order valence-electron chi connectivity index (χ4n) is 2.68. The fourth-order valence-corrected chi connectivity index (χ4v) is 3.80. The van der Waals surface area contributed by atoms with Gasteiger partial charge in [-0.1, -0.05) is 61.0 Å². The summed E-state index contributed by atoms with van der Waals surface area (Å²) in [5, 5.41) is 10.6. The van der Waals surface area contributed by atoms with E-state index in [0.717, 1.165) is 53.3 Å². The molecule has 0 aliphatic heterocycles. The number of anilines is 1. The monoisotopic (exact) mass is 386 g/mol. The van der Waals surface area contributed by atoms with Crippen molar-refractivity contribution in [1.29, 1.82) is 0 Å². The molecule has 0 unspecified atom stereocenters. The van der Waals surface area contributed by atoms with Crippen LogP contribution < -0.4 is 5.73 Å². The summed E-state index contributed by atoms with van der Waals surface area (Å²) >= 11 is 7.78. The minimum Gasteiger partial charge on any atom is -0.399 e. The molecule has 1 aromatic heterocycles. The molecule has 0 bridgehead atoms. The van der Waals surface area contributed by atoms with Gasteiger partial charge in [0.05, 0.1) is 6.54 Å². The van der Waals surface area contributed by atoms with Crippen LogP contribution in [0.15, 0.2) is 53.7 Å². The van der Waals surface area contributed by atoms with E-state index >= 15 is 0 Å². The zero-order valence-corrected chi connectivity index (χ0v) is 16.4. The molecule has 136 valence electrons. The first-order valence-electron chi connectivity index (χ1n) is 8.79. The molecule has 3 aromatic rings. The number of aromatic nitrogens is 3. The maximum Gasteiger partial charge on any atom is 0.191 e. The number of halogens is 1. The summed E-state index contributed by atoms with van der Waals surface area (Å²) in [4.78, 5) is 0. The summed E-state index contributed by atoms with van der Waals surface area (Å²) in [5.41, 5.74) is 8.96. The smallest absolute Gasteiger partial charge is 0.191 e. The maximum atomic E-state index is 6.09. The molecule has 0 aliphatic rings. The third-order valence-electron chi connectivity index (χ3n) is 4.12. The van der Waals surface area contributed by atoms with Crippen LogP contribution in [0.5, 0.6) is 0 Å². The van der Waals surface area contributed by atoms with Gasteiger partial charge in [0.1, 0.15) is 5.82 Å². The summed E-state index contributed by atoms with van der Waals surface area (Å²) < 4.78 is 2.22. The number of aryl methyl sites for hydroxylation is 1. The summed E-state index contributed by atoms with van der Waals surface area (Å²) in [7, 11) is 0. The Kier molecular flexibility index (Phi) is 6.58. The fraction of sp³-hybridized carbons (Fsp3) is 0.300. The highest BCUT2D eigenvalue weighted by atomic mass is 35.5. The second kappa shape index (κ2) is 9.10. The lowest BCUT2D eigenvalue weighted by atomic mass is 10.2. The maximum absolute atomic E-state index is 6.09. The molecule has 0 fully saturated rings. The van der Waals surface area contributed by atoms with E-state index in [-0.39, 0.29) is 0 Å². The molecular weight excluding hydrogens is 364 g/mol. The van der Waals surface area contributed by atoms with Gasteiger partial charge in [0, 0.05) is 22.9 Å². The van der Waals surface area contributed by atoms with E-state index in [1.54, 1.807) is 11.8 Å². The highest BCUT2D eigenvalue weighted by Crippen LogP contribution is 2.25. The van der Waals surface area contributed by atoms with Crippen molar-refractivity contribution in [2.45, 2.75) is 43.6 Å². The molecule has 2 N–H and O–H groups in total. The van der Waals surface area contributed by atoms with E-state index in [4.69, 9.17) is 17.3 Å². The van der Waals surface area contributed by atoms with Crippen LogP contribution in [0.4, 0.5) is 5.69 Å². The molecule has 0 saturated heterocycles. The number of rotatable bonds is 8. The van der Waals surface area contributed by atoms with Gasteiger partial charge >= 0.3 is 0 Å². The summed E-state index contributed by atoms with van der Waals surface area (Å²) in [6, 6.07) is 15.9. The standard InChI is InChI=1S/C20H23ClN4S/c1-2-3-7-19-23-24-20(26-14-16-5-4-6-17(21)12-16)25(19)13-15-8-10-18(22)11-9-15/h4-6,8-12H,2-3,7,13-14,22H2,1H3. The molecule has 3 rings (SSSR count). The zero-order valence-electron chi connectivity index (χ0n) is 14.9. The van der Waals surface area contributed by atoms with Crippen molar-refractivity contribution in [3.8, 4) is 0 Å². The third-order valence-corrected chi connectivity index (χ3v) is 5.40. The zero-order chi connectivity index (χ0) is 18.4. The van der Waals surface area contributed by atoms with Gasteiger partial charge in [-0.05, 0) is 41.8 Å². The number of hydrogen-bond donors (Lipinski definition) is 1. The second-order valence-corrected chi connectivity index (χ2v) is 7.63. The lowest BCUT2D eigenvalue weighted by molar-refractivity contribution is 0.642. The van der Waals surface area contributed by atoms with Crippen molar-refractivity contribution in [2.24, 2.45) is 0 Å². The van der Waals surface area contributed by atoms with Gasteiger partial charge in [0.25, 0.3) is 0 Å². The first-order chi connectivity index (χ1) is 12.7. The summed E-state index contributed by atoms with van der Waals surface area (Å²) in [6.07, 6.45) is 3.19. The first kappa shape index (κ1) is 18.8. The highest BCUT2D eigenvalue weighted by molar-refractivity contribution is 7.98. The van der Waals surface area contributed by atoms with Crippen molar-refractivity contribution >= 4 is 29.1 Å². The van der Waals surface area contributed by atoms with E-state index in [9.17, 15) is 0 Å². The quantitative estimate of drug-likeness (QED) is 0.427. The molecule has 1 heterocycles. The van der Waals surface area contributed by atoms with Gasteiger partial charge in [0.15, 0.2) is 5.16 Å². The van der Waals surface area contributed by atoms with E-state index < -0.39 is 0 Å². The summed E-state index contributed by atoms with van der Waals surface area (Å²) in [5.74, 6) is 1.85. The minimum absolute atomic E-state index is 0.754. The van der Waals surface area contributed by atoms with Gasteiger partial charge in [-0.25, -0.2) is 0 Å². The molecule has 26 heavy (non-hydrogen) atoms. The van der Waals surface area contributed by atoms with Crippen LogP contribution in [0.1, 0.15) is 36.7 Å². The van der Waals surface area contributed by atoms with Gasteiger partial charge < -0.3 is 10.3 Å². The van der Waals surface area contributed by atoms with Crippen LogP contribution in [0, 0.1) is 0 Å². The number of nitrogens with two attached hydrogens (primary N) is 1. The molecule has 2 aromatic carbocycles. The highest BCUT2D eigenvalue weighted by Gasteiger charge is 2.13. The Morgan fingerprint density at radius 2 is 1.88 bits per heavy atom. The molecule has 6 heteroatoms. The van der Waals surface area contributed by atoms with Gasteiger partial charge in [0.2, 0.25) is 0 Å². The van der Waals surface area contributed by atoms with Crippen LogP contribution in [0.25, 0.3) is 0 Å². The van der Waals surface area contributed by atoms with Gasteiger partial charge in [-0.2, -0.15) is 0 Å². The van der Waals surface area contributed by atoms with Crippen LogP contribution in [-0.2, 0) is 18.7 Å². The SMILES string of the molecule is CCCCc1nnc(SCc2cccc(Cl)c2)n1Cc1ccc(N)cc1. The topological polar surface area (TPSA) is 56.7 Å². The largest absolute Gasteiger partial charge is 0.399 e. The average molecular weight is 387 g/mol. The van der Waals surface area contributed by atoms with Crippen molar-refractivity contribution in [3.05, 3.63) is 70.5 Å². The number of hydrogen-bond acceptors (Lipinski definition) is 4. The molecule has 0 amide bonds. The Labute approximate surface area is 163 Å². The van der Waals surface area contributed by atoms with Crippen LogP contribution >= 0.6 is 23.4 Å². The van der Waals surface area contributed by atoms with Crippen molar-refractivity contribution in [3.63, 3.8) is 0 Å². The van der Waals surface area contributed by atoms with E-state index in [2.05, 4.69) is 39.9 Å². The number of nitrogens with zero attached hydrogens (tertiary/aromatic N) is 3. The predicted octanol–water partition coefficient (Wildman–Crippen LogP) is 5.20. The molecule has 0 aliphatic carbocycles. The number of unbranched alkanes of at least 4 members (excludes halogenated alkanes) is 1. The van der Waals surface area contributed by atoms with Crippen LogP contribution in [0.3, 0.4) is 0 Å². The lowest BCUT2D eigenvalue weighted by Crippen LogP contribution is -2.07. The van der Waals surface area contributed by atoms with Gasteiger partial charge in [-0.15, -0.1) is 10.2 Å². The Hall–Kier alpha value is -1.98. The average Bonchev–Trinajstić information content (AvgIpc) is 3.02.